The molecule has 0 aromatic heterocycles. The van der Waals surface area contributed by atoms with Gasteiger partial charge in [0.15, 0.2) is 5.17 Å². The summed E-state index contributed by atoms with van der Waals surface area (Å²) in [7, 11) is 0. The smallest absolute Gasteiger partial charge is 0.224 e. The van der Waals surface area contributed by atoms with Gasteiger partial charge < -0.3 is 5.32 Å². The molecule has 0 saturated carbocycles. The third kappa shape index (κ3) is 5.20. The van der Waals surface area contributed by atoms with Crippen molar-refractivity contribution in [2.24, 2.45) is 10.1 Å². The summed E-state index contributed by atoms with van der Waals surface area (Å²) in [5, 5.41) is 8.10. The molecular formula is C21H24N4OS. The van der Waals surface area contributed by atoms with E-state index in [1.54, 1.807) is 11.8 Å². The molecule has 2 aromatic rings. The zero-order chi connectivity index (χ0) is 19.2. The number of anilines is 1. The van der Waals surface area contributed by atoms with Crippen LogP contribution in [0.2, 0.25) is 0 Å². The Bertz CT molecular complexity index is 855. The summed E-state index contributed by atoms with van der Waals surface area (Å²) >= 11 is 1.63. The Labute approximate surface area is 164 Å². The van der Waals surface area contributed by atoms with Crippen molar-refractivity contribution >= 4 is 39.9 Å². The monoisotopic (exact) mass is 380 g/mol. The van der Waals surface area contributed by atoms with Gasteiger partial charge in [0.05, 0.1) is 11.4 Å². The summed E-state index contributed by atoms with van der Waals surface area (Å²) in [6.07, 6.45) is 0.470. The van der Waals surface area contributed by atoms with E-state index in [1.807, 2.05) is 43.3 Å². The van der Waals surface area contributed by atoms with Crippen molar-refractivity contribution in [3.8, 4) is 0 Å². The number of benzene rings is 2. The van der Waals surface area contributed by atoms with E-state index in [4.69, 9.17) is 0 Å². The van der Waals surface area contributed by atoms with Crippen LogP contribution in [0.4, 0.5) is 11.4 Å². The molecule has 0 bridgehead atoms. The van der Waals surface area contributed by atoms with Crippen LogP contribution in [0, 0.1) is 0 Å². The van der Waals surface area contributed by atoms with Crippen molar-refractivity contribution in [1.29, 1.82) is 0 Å². The van der Waals surface area contributed by atoms with Crippen LogP contribution >= 0.6 is 11.8 Å². The molecule has 2 N–H and O–H groups in total. The molecule has 0 spiro atoms. The van der Waals surface area contributed by atoms with Gasteiger partial charge in [0.2, 0.25) is 5.91 Å². The topological polar surface area (TPSA) is 65.8 Å². The van der Waals surface area contributed by atoms with Crippen molar-refractivity contribution in [3.63, 3.8) is 0 Å². The molecule has 1 aliphatic heterocycles. The Balaban J connectivity index is 1.64. The number of hydrazone groups is 1. The van der Waals surface area contributed by atoms with Gasteiger partial charge in [-0.05, 0) is 41.3 Å². The lowest BCUT2D eigenvalue weighted by Gasteiger charge is -2.15. The first-order valence-corrected chi connectivity index (χ1v) is 10.1. The van der Waals surface area contributed by atoms with Crippen LogP contribution in [0.25, 0.3) is 0 Å². The predicted octanol–water partition coefficient (Wildman–Crippen LogP) is 4.89. The van der Waals surface area contributed by atoms with Crippen LogP contribution in [0.5, 0.6) is 0 Å². The number of nitrogens with zero attached hydrogens (tertiary/aromatic N) is 2. The molecule has 27 heavy (non-hydrogen) atoms. The van der Waals surface area contributed by atoms with E-state index in [9.17, 15) is 4.79 Å². The highest BCUT2D eigenvalue weighted by Gasteiger charge is 2.13. The molecule has 0 atom stereocenters. The molecule has 1 heterocycles. The molecule has 1 aliphatic rings. The SMILES string of the molecule is CCC(=O)Nc1ccc(C2=NNC(=Nc3ccc(C(C)C)cc3)SC2)cc1. The van der Waals surface area contributed by atoms with E-state index in [-0.39, 0.29) is 5.91 Å². The van der Waals surface area contributed by atoms with E-state index < -0.39 is 0 Å². The highest BCUT2D eigenvalue weighted by Crippen LogP contribution is 2.22. The maximum atomic E-state index is 11.4. The summed E-state index contributed by atoms with van der Waals surface area (Å²) in [6.45, 7) is 6.20. The Kier molecular flexibility index (Phi) is 6.29. The van der Waals surface area contributed by atoms with Crippen LogP contribution in [0.15, 0.2) is 58.6 Å². The summed E-state index contributed by atoms with van der Waals surface area (Å²) in [5.41, 5.74) is 8.06. The first-order chi connectivity index (χ1) is 13.0. The lowest BCUT2D eigenvalue weighted by atomic mass is 10.0. The van der Waals surface area contributed by atoms with E-state index in [1.165, 1.54) is 5.56 Å². The van der Waals surface area contributed by atoms with Crippen LogP contribution in [-0.4, -0.2) is 22.5 Å². The van der Waals surface area contributed by atoms with Gasteiger partial charge in [0, 0.05) is 17.9 Å². The fraction of sp³-hybridized carbons (Fsp3) is 0.286. The van der Waals surface area contributed by atoms with Crippen LogP contribution < -0.4 is 10.7 Å². The minimum atomic E-state index is 0.0114. The maximum absolute atomic E-state index is 11.4. The summed E-state index contributed by atoms with van der Waals surface area (Å²) < 4.78 is 0. The first-order valence-electron chi connectivity index (χ1n) is 9.09. The Morgan fingerprint density at radius 1 is 1.19 bits per heavy atom. The van der Waals surface area contributed by atoms with Gasteiger partial charge in [-0.15, -0.1) is 0 Å². The fourth-order valence-electron chi connectivity index (χ4n) is 2.57. The van der Waals surface area contributed by atoms with E-state index >= 15 is 0 Å². The predicted molar refractivity (Wildman–Crippen MR) is 115 cm³/mol. The van der Waals surface area contributed by atoms with Gasteiger partial charge in [-0.1, -0.05) is 56.8 Å². The van der Waals surface area contributed by atoms with Gasteiger partial charge >= 0.3 is 0 Å². The molecule has 1 amide bonds. The number of thioether (sulfide) groups is 1. The van der Waals surface area contributed by atoms with Gasteiger partial charge in [-0.25, -0.2) is 4.99 Å². The fourth-order valence-corrected chi connectivity index (χ4v) is 3.35. The molecule has 5 nitrogen and oxygen atoms in total. The summed E-state index contributed by atoms with van der Waals surface area (Å²) in [6, 6.07) is 16.0. The molecule has 2 aromatic carbocycles. The normalized spacial score (nSPS) is 15.4. The number of amidine groups is 1. The third-order valence-corrected chi connectivity index (χ3v) is 5.12. The average Bonchev–Trinajstić information content (AvgIpc) is 2.69. The number of carbonyl (C=O) groups is 1. The summed E-state index contributed by atoms with van der Waals surface area (Å²) in [4.78, 5) is 16.1. The van der Waals surface area contributed by atoms with Crippen molar-refractivity contribution < 1.29 is 4.79 Å². The Morgan fingerprint density at radius 2 is 1.89 bits per heavy atom. The minimum absolute atomic E-state index is 0.0114. The highest BCUT2D eigenvalue weighted by atomic mass is 32.2. The number of amides is 1. The van der Waals surface area contributed by atoms with E-state index in [0.29, 0.717) is 12.3 Å². The van der Waals surface area contributed by atoms with Gasteiger partial charge in [-0.2, -0.15) is 5.10 Å². The molecule has 0 aliphatic carbocycles. The van der Waals surface area contributed by atoms with E-state index in [2.05, 4.69) is 46.8 Å². The van der Waals surface area contributed by atoms with E-state index in [0.717, 1.165) is 33.6 Å². The Hall–Kier alpha value is -2.60. The minimum Gasteiger partial charge on any atom is -0.326 e. The highest BCUT2D eigenvalue weighted by molar-refractivity contribution is 8.14. The number of hydrogen-bond acceptors (Lipinski definition) is 4. The average molecular weight is 381 g/mol. The number of nitrogens with one attached hydrogen (secondary N) is 2. The molecule has 3 rings (SSSR count). The zero-order valence-corrected chi connectivity index (χ0v) is 16.6. The van der Waals surface area contributed by atoms with Crippen LogP contribution in [-0.2, 0) is 4.79 Å². The second-order valence-corrected chi connectivity index (χ2v) is 7.57. The largest absolute Gasteiger partial charge is 0.326 e. The number of carbonyl (C=O) groups excluding carboxylic acids is 1. The molecule has 6 heteroatoms. The van der Waals surface area contributed by atoms with Gasteiger partial charge in [-0.3, -0.25) is 10.2 Å². The lowest BCUT2D eigenvalue weighted by Crippen LogP contribution is -2.25. The van der Waals surface area contributed by atoms with Crippen LogP contribution in [0.3, 0.4) is 0 Å². The second kappa shape index (κ2) is 8.86. The van der Waals surface area contributed by atoms with Crippen LogP contribution in [0.1, 0.15) is 44.2 Å². The third-order valence-electron chi connectivity index (χ3n) is 4.25. The quantitative estimate of drug-likeness (QED) is 0.776. The van der Waals surface area contributed by atoms with Crippen molar-refractivity contribution in [3.05, 3.63) is 59.7 Å². The van der Waals surface area contributed by atoms with Crippen molar-refractivity contribution in [2.45, 2.75) is 33.1 Å². The molecule has 0 fully saturated rings. The van der Waals surface area contributed by atoms with Crippen molar-refractivity contribution in [2.75, 3.05) is 11.1 Å². The number of aliphatic imine (C=N–C) groups is 1. The summed E-state index contributed by atoms with van der Waals surface area (Å²) in [5.74, 6) is 1.27. The number of hydrogen-bond donors (Lipinski definition) is 2. The Morgan fingerprint density at radius 3 is 2.44 bits per heavy atom. The molecule has 0 unspecified atom stereocenters. The second-order valence-electron chi connectivity index (χ2n) is 6.60. The van der Waals surface area contributed by atoms with Gasteiger partial charge in [0.25, 0.3) is 0 Å². The standard InChI is InChI=1S/C21H24N4OS/c1-4-20(26)22-17-11-7-16(8-12-17)19-13-27-21(25-24-19)23-18-9-5-15(6-10-18)14(2)3/h5-12,14H,4,13H2,1-3H3,(H,22,26)(H,23,25). The zero-order valence-electron chi connectivity index (χ0n) is 15.8. The van der Waals surface area contributed by atoms with Gasteiger partial charge in [0.1, 0.15) is 0 Å². The number of rotatable bonds is 5. The lowest BCUT2D eigenvalue weighted by molar-refractivity contribution is -0.115. The van der Waals surface area contributed by atoms with Crippen molar-refractivity contribution in [1.82, 2.24) is 5.43 Å². The first kappa shape index (κ1) is 19.2. The maximum Gasteiger partial charge on any atom is 0.224 e. The molecular weight excluding hydrogens is 356 g/mol. The molecule has 140 valence electrons. The molecule has 0 saturated heterocycles. The molecule has 0 radical (unpaired) electrons.